The monoisotopic (exact) mass is 362 g/mol. The molecule has 7 heteroatoms. The van der Waals surface area contributed by atoms with Crippen LogP contribution in [0, 0.1) is 0 Å². The summed E-state index contributed by atoms with van der Waals surface area (Å²) in [5.41, 5.74) is 2.12. The zero-order valence-corrected chi connectivity index (χ0v) is 16.2. The molecule has 0 saturated carbocycles. The van der Waals surface area contributed by atoms with Crippen molar-refractivity contribution in [1.29, 1.82) is 0 Å². The summed E-state index contributed by atoms with van der Waals surface area (Å²) >= 11 is 1.72. The first-order valence-electron chi connectivity index (χ1n) is 8.66. The fourth-order valence-electron chi connectivity index (χ4n) is 2.85. The van der Waals surface area contributed by atoms with Crippen molar-refractivity contribution in [3.8, 4) is 0 Å². The minimum absolute atomic E-state index is 0.345. The lowest BCUT2D eigenvalue weighted by Gasteiger charge is -2.19. The first kappa shape index (κ1) is 18.2. The number of methoxy groups -OCH3 is 1. The standard InChI is InChI=1S/C18H26N4O2S/c1-12(2)18-19-14(11-25-18)8-22(3)17-7-15(13-5-6-24-9-13)20-16(21-17)10-23-4/h7,11-13H,5-6,8-10H2,1-4H3/t13-/m0/s1. The summed E-state index contributed by atoms with van der Waals surface area (Å²) in [4.78, 5) is 16.2. The molecule has 0 spiro atoms. The summed E-state index contributed by atoms with van der Waals surface area (Å²) in [6, 6.07) is 2.08. The van der Waals surface area contributed by atoms with E-state index in [1.165, 1.54) is 5.01 Å². The molecule has 3 rings (SSSR count). The summed E-state index contributed by atoms with van der Waals surface area (Å²) in [6.45, 7) is 7.02. The van der Waals surface area contributed by atoms with Gasteiger partial charge >= 0.3 is 0 Å². The van der Waals surface area contributed by atoms with Crippen LogP contribution in [0.4, 0.5) is 5.82 Å². The third-order valence-corrected chi connectivity index (χ3v) is 5.45. The molecule has 25 heavy (non-hydrogen) atoms. The number of nitrogens with zero attached hydrogens (tertiary/aromatic N) is 4. The number of aromatic nitrogens is 3. The number of hydrogen-bond donors (Lipinski definition) is 0. The quantitative estimate of drug-likeness (QED) is 0.753. The van der Waals surface area contributed by atoms with Gasteiger partial charge in [0, 0.05) is 44.0 Å². The Hall–Kier alpha value is -1.57. The van der Waals surface area contributed by atoms with Crippen LogP contribution >= 0.6 is 11.3 Å². The van der Waals surface area contributed by atoms with E-state index >= 15 is 0 Å². The van der Waals surface area contributed by atoms with Crippen LogP contribution in [0.15, 0.2) is 11.4 Å². The van der Waals surface area contributed by atoms with Gasteiger partial charge in [-0.3, -0.25) is 0 Å². The van der Waals surface area contributed by atoms with E-state index in [9.17, 15) is 0 Å². The van der Waals surface area contributed by atoms with Crippen molar-refractivity contribution in [3.05, 3.63) is 33.7 Å². The Morgan fingerprint density at radius 3 is 2.84 bits per heavy atom. The molecule has 1 saturated heterocycles. The highest BCUT2D eigenvalue weighted by atomic mass is 32.1. The molecule has 3 heterocycles. The van der Waals surface area contributed by atoms with Gasteiger partial charge in [-0.15, -0.1) is 11.3 Å². The van der Waals surface area contributed by atoms with Crippen molar-refractivity contribution < 1.29 is 9.47 Å². The van der Waals surface area contributed by atoms with Gasteiger partial charge in [0.2, 0.25) is 0 Å². The van der Waals surface area contributed by atoms with Gasteiger partial charge in [0.05, 0.1) is 29.5 Å². The van der Waals surface area contributed by atoms with Gasteiger partial charge in [0.25, 0.3) is 0 Å². The highest BCUT2D eigenvalue weighted by Crippen LogP contribution is 2.27. The number of hydrogen-bond acceptors (Lipinski definition) is 7. The molecule has 2 aromatic heterocycles. The van der Waals surface area contributed by atoms with Crippen molar-refractivity contribution in [2.75, 3.05) is 32.3 Å². The van der Waals surface area contributed by atoms with Crippen LogP contribution in [-0.2, 0) is 22.6 Å². The number of anilines is 1. The van der Waals surface area contributed by atoms with E-state index in [0.29, 0.717) is 18.4 Å². The Kier molecular flexibility index (Phi) is 5.98. The van der Waals surface area contributed by atoms with Gasteiger partial charge in [0.15, 0.2) is 5.82 Å². The molecule has 0 unspecified atom stereocenters. The van der Waals surface area contributed by atoms with Crippen LogP contribution < -0.4 is 4.90 Å². The second-order valence-corrected chi connectivity index (χ2v) is 7.64. The van der Waals surface area contributed by atoms with E-state index in [1.807, 2.05) is 7.05 Å². The molecule has 136 valence electrons. The second-order valence-electron chi connectivity index (χ2n) is 6.75. The number of ether oxygens (including phenoxy) is 2. The molecule has 0 N–H and O–H groups in total. The molecular formula is C18H26N4O2S. The number of rotatable bonds is 7. The largest absolute Gasteiger partial charge is 0.381 e. The summed E-state index contributed by atoms with van der Waals surface area (Å²) in [5, 5.41) is 3.31. The SMILES string of the molecule is COCc1nc([C@H]2CCOC2)cc(N(C)Cc2csc(C(C)C)n2)n1. The van der Waals surface area contributed by atoms with Crippen LogP contribution in [0.25, 0.3) is 0 Å². The van der Waals surface area contributed by atoms with Crippen LogP contribution in [0.2, 0.25) is 0 Å². The summed E-state index contributed by atoms with van der Waals surface area (Å²) < 4.78 is 10.8. The lowest BCUT2D eigenvalue weighted by Crippen LogP contribution is -2.20. The second kappa shape index (κ2) is 8.21. The third kappa shape index (κ3) is 4.54. The molecule has 1 aliphatic rings. The highest BCUT2D eigenvalue weighted by molar-refractivity contribution is 7.09. The van der Waals surface area contributed by atoms with E-state index in [0.717, 1.165) is 49.2 Å². The van der Waals surface area contributed by atoms with Gasteiger partial charge < -0.3 is 14.4 Å². The Balaban J connectivity index is 1.80. The average molecular weight is 362 g/mol. The lowest BCUT2D eigenvalue weighted by molar-refractivity contribution is 0.177. The molecule has 0 aromatic carbocycles. The van der Waals surface area contributed by atoms with Crippen molar-refractivity contribution in [2.45, 2.75) is 45.3 Å². The third-order valence-electron chi connectivity index (χ3n) is 4.25. The maximum Gasteiger partial charge on any atom is 0.156 e. The predicted molar refractivity (Wildman–Crippen MR) is 99.2 cm³/mol. The van der Waals surface area contributed by atoms with Gasteiger partial charge in [-0.05, 0) is 6.42 Å². The van der Waals surface area contributed by atoms with Crippen molar-refractivity contribution in [2.24, 2.45) is 0 Å². The number of thiazole rings is 1. The molecular weight excluding hydrogens is 336 g/mol. The maximum atomic E-state index is 5.52. The molecule has 6 nitrogen and oxygen atoms in total. The normalized spacial score (nSPS) is 17.4. The highest BCUT2D eigenvalue weighted by Gasteiger charge is 2.21. The zero-order valence-electron chi connectivity index (χ0n) is 15.4. The van der Waals surface area contributed by atoms with Gasteiger partial charge in [0.1, 0.15) is 12.4 Å². The van der Waals surface area contributed by atoms with Crippen LogP contribution in [-0.4, -0.2) is 42.3 Å². The topological polar surface area (TPSA) is 60.4 Å². The van der Waals surface area contributed by atoms with Crippen LogP contribution in [0.3, 0.4) is 0 Å². The van der Waals surface area contributed by atoms with Crippen molar-refractivity contribution in [1.82, 2.24) is 15.0 Å². The Morgan fingerprint density at radius 1 is 1.36 bits per heavy atom. The van der Waals surface area contributed by atoms with Gasteiger partial charge in [-0.25, -0.2) is 15.0 Å². The molecule has 2 aromatic rings. The molecule has 1 aliphatic heterocycles. The molecule has 0 radical (unpaired) electrons. The fraction of sp³-hybridized carbons (Fsp3) is 0.611. The zero-order chi connectivity index (χ0) is 17.8. The smallest absolute Gasteiger partial charge is 0.156 e. The molecule has 0 amide bonds. The minimum Gasteiger partial charge on any atom is -0.381 e. The van der Waals surface area contributed by atoms with Gasteiger partial charge in [-0.1, -0.05) is 13.8 Å². The first-order valence-corrected chi connectivity index (χ1v) is 9.54. The van der Waals surface area contributed by atoms with Crippen LogP contribution in [0.1, 0.15) is 54.3 Å². The minimum atomic E-state index is 0.345. The van der Waals surface area contributed by atoms with E-state index in [4.69, 9.17) is 14.5 Å². The predicted octanol–water partition coefficient (Wildman–Crippen LogP) is 3.34. The van der Waals surface area contributed by atoms with Gasteiger partial charge in [-0.2, -0.15) is 0 Å². The van der Waals surface area contributed by atoms with E-state index in [2.05, 4.69) is 40.2 Å². The van der Waals surface area contributed by atoms with E-state index in [-0.39, 0.29) is 0 Å². The Labute approximate surface area is 153 Å². The maximum absolute atomic E-state index is 5.52. The van der Waals surface area contributed by atoms with Crippen molar-refractivity contribution in [3.63, 3.8) is 0 Å². The molecule has 0 aliphatic carbocycles. The van der Waals surface area contributed by atoms with Crippen LogP contribution in [0.5, 0.6) is 0 Å². The average Bonchev–Trinajstić information content (AvgIpc) is 3.26. The Bertz CT molecular complexity index is 698. The summed E-state index contributed by atoms with van der Waals surface area (Å²) in [6.07, 6.45) is 1.01. The fourth-order valence-corrected chi connectivity index (χ4v) is 3.68. The lowest BCUT2D eigenvalue weighted by atomic mass is 10.0. The van der Waals surface area contributed by atoms with E-state index < -0.39 is 0 Å². The first-order chi connectivity index (χ1) is 12.1. The Morgan fingerprint density at radius 2 is 2.20 bits per heavy atom. The molecule has 0 bridgehead atoms. The molecule has 1 fully saturated rings. The summed E-state index contributed by atoms with van der Waals surface area (Å²) in [7, 11) is 3.71. The van der Waals surface area contributed by atoms with Crippen molar-refractivity contribution >= 4 is 17.2 Å². The van der Waals surface area contributed by atoms with E-state index in [1.54, 1.807) is 18.4 Å². The molecule has 1 atom stereocenters. The summed E-state index contributed by atoms with van der Waals surface area (Å²) in [5.74, 6) is 2.43.